The highest BCUT2D eigenvalue weighted by atomic mass is 16.5. The highest BCUT2D eigenvalue weighted by Gasteiger charge is 2.27. The lowest BCUT2D eigenvalue weighted by Crippen LogP contribution is -2.33. The van der Waals surface area contributed by atoms with Gasteiger partial charge in [0.05, 0.1) is 11.7 Å². The van der Waals surface area contributed by atoms with Crippen molar-refractivity contribution in [2.75, 3.05) is 17.6 Å². The van der Waals surface area contributed by atoms with Gasteiger partial charge < -0.3 is 20.9 Å². The summed E-state index contributed by atoms with van der Waals surface area (Å²) in [5.74, 6) is 6.07. The summed E-state index contributed by atoms with van der Waals surface area (Å²) < 4.78 is 9.95. The van der Waals surface area contributed by atoms with Crippen LogP contribution in [0.25, 0.3) is 23.0 Å². The van der Waals surface area contributed by atoms with Crippen molar-refractivity contribution in [2.24, 2.45) is 7.05 Å². The summed E-state index contributed by atoms with van der Waals surface area (Å²) >= 11 is 0. The number of nitrogens with zero attached hydrogens (tertiary/aromatic N) is 7. The van der Waals surface area contributed by atoms with Crippen molar-refractivity contribution < 1.29 is 9.32 Å². The van der Waals surface area contributed by atoms with Gasteiger partial charge in [-0.25, -0.2) is 4.68 Å². The second-order valence-corrected chi connectivity index (χ2v) is 8.80. The van der Waals surface area contributed by atoms with Gasteiger partial charge in [-0.05, 0) is 43.0 Å². The maximum absolute atomic E-state index is 13.9. The van der Waals surface area contributed by atoms with Crippen LogP contribution in [0.2, 0.25) is 0 Å². The van der Waals surface area contributed by atoms with E-state index >= 15 is 0 Å². The van der Waals surface area contributed by atoms with Crippen molar-refractivity contribution in [3.63, 3.8) is 0 Å². The molecule has 1 aliphatic heterocycles. The zero-order valence-corrected chi connectivity index (χ0v) is 20.9. The molecule has 1 aromatic carbocycles. The Labute approximate surface area is 220 Å². The van der Waals surface area contributed by atoms with Crippen LogP contribution in [0.1, 0.15) is 40.5 Å². The molecular formula is C26H22N10O3. The minimum atomic E-state index is -0.739. The number of amides is 1. The summed E-state index contributed by atoms with van der Waals surface area (Å²) in [6.45, 7) is 2.24. The maximum atomic E-state index is 13.9. The summed E-state index contributed by atoms with van der Waals surface area (Å²) in [4.78, 5) is 31.8. The summed E-state index contributed by atoms with van der Waals surface area (Å²) in [5, 5.41) is 18.5. The smallest absolute Gasteiger partial charge is 0.272 e. The number of benzene rings is 1. The lowest BCUT2D eigenvalue weighted by Gasteiger charge is -2.19. The average molecular weight is 523 g/mol. The quantitative estimate of drug-likeness (QED) is 0.298. The topological polar surface area (TPSA) is 164 Å². The Bertz CT molecular complexity index is 1880. The van der Waals surface area contributed by atoms with E-state index in [1.54, 1.807) is 61.4 Å². The molecule has 0 bridgehead atoms. The summed E-state index contributed by atoms with van der Waals surface area (Å²) in [6.07, 6.45) is 5.34. The molecule has 0 saturated carbocycles. The third-order valence-corrected chi connectivity index (χ3v) is 6.11. The molecule has 4 aromatic heterocycles. The first-order chi connectivity index (χ1) is 18.9. The molecule has 0 radical (unpaired) electrons. The first-order valence-corrected chi connectivity index (χ1v) is 12.0. The van der Waals surface area contributed by atoms with E-state index in [1.165, 1.54) is 9.25 Å². The molecule has 1 atom stereocenters. The number of aromatic nitrogens is 7. The van der Waals surface area contributed by atoms with E-state index in [4.69, 9.17) is 10.3 Å². The van der Waals surface area contributed by atoms with Crippen molar-refractivity contribution >= 4 is 34.8 Å². The number of para-hydroxylation sites is 1. The predicted molar refractivity (Wildman–Crippen MR) is 143 cm³/mol. The van der Waals surface area contributed by atoms with Gasteiger partial charge in [-0.2, -0.15) is 10.1 Å². The van der Waals surface area contributed by atoms with Gasteiger partial charge in [0.2, 0.25) is 0 Å². The Hall–Kier alpha value is -5.64. The SMILES string of the molecule is CC(NC(=O)c1c(N)nn2c1NCC=C2)c1nc2onc(C#Cc3ccn(C)n3)c2c(=O)n1-c1ccccc1. The number of aryl methyl sites for hydroxylation is 1. The molecule has 0 saturated heterocycles. The lowest BCUT2D eigenvalue weighted by atomic mass is 10.2. The van der Waals surface area contributed by atoms with Gasteiger partial charge in [-0.3, -0.25) is 18.8 Å². The van der Waals surface area contributed by atoms with E-state index in [1.807, 2.05) is 12.1 Å². The van der Waals surface area contributed by atoms with Gasteiger partial charge in [-0.1, -0.05) is 23.4 Å². The highest BCUT2D eigenvalue weighted by molar-refractivity contribution is 6.04. The molecule has 0 aliphatic carbocycles. The van der Waals surface area contributed by atoms with Crippen LogP contribution in [-0.4, -0.2) is 46.7 Å². The molecule has 1 unspecified atom stereocenters. The van der Waals surface area contributed by atoms with Crippen molar-refractivity contribution in [1.29, 1.82) is 0 Å². The van der Waals surface area contributed by atoms with Crippen LogP contribution in [0.15, 0.2) is 58.0 Å². The van der Waals surface area contributed by atoms with Gasteiger partial charge in [0.1, 0.15) is 28.3 Å². The molecule has 1 amide bonds. The highest BCUT2D eigenvalue weighted by Crippen LogP contribution is 2.26. The van der Waals surface area contributed by atoms with Crippen LogP contribution in [-0.2, 0) is 7.05 Å². The molecule has 194 valence electrons. The predicted octanol–water partition coefficient (Wildman–Crippen LogP) is 1.67. The third kappa shape index (κ3) is 4.19. The summed E-state index contributed by atoms with van der Waals surface area (Å²) in [5.41, 5.74) is 7.02. The number of nitrogen functional groups attached to an aromatic ring is 1. The summed E-state index contributed by atoms with van der Waals surface area (Å²) in [6, 6.07) is 9.97. The molecule has 6 rings (SSSR count). The van der Waals surface area contributed by atoms with E-state index in [0.29, 0.717) is 23.7 Å². The molecule has 39 heavy (non-hydrogen) atoms. The first kappa shape index (κ1) is 23.7. The fraction of sp³-hybridized carbons (Fsp3) is 0.154. The molecule has 5 heterocycles. The number of carbonyl (C=O) groups excluding carboxylic acids is 1. The fourth-order valence-electron chi connectivity index (χ4n) is 4.32. The Morgan fingerprint density at radius 2 is 2.03 bits per heavy atom. The van der Waals surface area contributed by atoms with Crippen LogP contribution in [0.3, 0.4) is 0 Å². The number of fused-ring (bicyclic) bond motifs is 2. The molecule has 0 fully saturated rings. The van der Waals surface area contributed by atoms with E-state index < -0.39 is 17.5 Å². The van der Waals surface area contributed by atoms with Crippen LogP contribution < -0.4 is 21.9 Å². The number of hydrogen-bond donors (Lipinski definition) is 3. The lowest BCUT2D eigenvalue weighted by molar-refractivity contribution is 0.0939. The van der Waals surface area contributed by atoms with Gasteiger partial charge in [0.15, 0.2) is 11.5 Å². The number of anilines is 2. The zero-order chi connectivity index (χ0) is 27.1. The minimum absolute atomic E-state index is 0.00262. The van der Waals surface area contributed by atoms with Gasteiger partial charge in [0.25, 0.3) is 17.2 Å². The molecule has 0 spiro atoms. The number of rotatable bonds is 4. The van der Waals surface area contributed by atoms with Crippen molar-refractivity contribution in [3.05, 3.63) is 81.8 Å². The molecule has 1 aliphatic rings. The van der Waals surface area contributed by atoms with E-state index in [9.17, 15) is 9.59 Å². The monoisotopic (exact) mass is 522 g/mol. The second kappa shape index (κ2) is 9.34. The normalized spacial score (nSPS) is 12.9. The van der Waals surface area contributed by atoms with Crippen LogP contribution in [0.4, 0.5) is 11.6 Å². The number of nitrogens with one attached hydrogen (secondary N) is 2. The maximum Gasteiger partial charge on any atom is 0.272 e. The van der Waals surface area contributed by atoms with Crippen LogP contribution >= 0.6 is 0 Å². The Morgan fingerprint density at radius 1 is 1.21 bits per heavy atom. The van der Waals surface area contributed by atoms with E-state index in [-0.39, 0.29) is 34.0 Å². The van der Waals surface area contributed by atoms with E-state index in [2.05, 4.69) is 42.8 Å². The van der Waals surface area contributed by atoms with Crippen molar-refractivity contribution in [3.8, 4) is 17.5 Å². The third-order valence-electron chi connectivity index (χ3n) is 6.11. The van der Waals surface area contributed by atoms with Crippen LogP contribution in [0, 0.1) is 11.8 Å². The van der Waals surface area contributed by atoms with Gasteiger partial charge >= 0.3 is 0 Å². The van der Waals surface area contributed by atoms with E-state index in [0.717, 1.165) is 0 Å². The fourth-order valence-corrected chi connectivity index (χ4v) is 4.32. The number of nitrogens with two attached hydrogens (primary N) is 1. The number of hydrogen-bond acceptors (Lipinski definition) is 9. The second-order valence-electron chi connectivity index (χ2n) is 8.80. The molecule has 13 heteroatoms. The van der Waals surface area contributed by atoms with Gasteiger partial charge in [-0.15, -0.1) is 5.10 Å². The minimum Gasteiger partial charge on any atom is -0.381 e. The molecule has 5 aromatic rings. The number of carbonyl (C=O) groups is 1. The molecule has 4 N–H and O–H groups in total. The van der Waals surface area contributed by atoms with Crippen LogP contribution in [0.5, 0.6) is 0 Å². The van der Waals surface area contributed by atoms with Gasteiger partial charge in [0, 0.05) is 26.0 Å². The molecular weight excluding hydrogens is 500 g/mol. The standard InChI is InChI=1S/C26H22N10O3/c1-15(29-24(37)20-21(27)32-35-13-6-12-28-23(20)35)22-30-25-19(26(38)36(22)17-7-4-3-5-8-17)18(33-39-25)10-9-16-11-14-34(2)31-16/h3-8,11,13-15,28H,12H2,1-2H3,(H2,27,32)(H,29,37). The average Bonchev–Trinajstić information content (AvgIpc) is 3.63. The Kier molecular flexibility index (Phi) is 5.69. The summed E-state index contributed by atoms with van der Waals surface area (Å²) in [7, 11) is 1.78. The zero-order valence-electron chi connectivity index (χ0n) is 20.9. The Balaban J connectivity index is 1.43. The first-order valence-electron chi connectivity index (χ1n) is 12.0. The molecule has 13 nitrogen and oxygen atoms in total. The van der Waals surface area contributed by atoms with Crippen molar-refractivity contribution in [1.82, 2.24) is 39.6 Å². The largest absolute Gasteiger partial charge is 0.381 e. The van der Waals surface area contributed by atoms with Crippen molar-refractivity contribution in [2.45, 2.75) is 13.0 Å². The Morgan fingerprint density at radius 3 is 2.79 bits per heavy atom.